The maximum atomic E-state index is 6.04. The van der Waals surface area contributed by atoms with E-state index in [1.165, 1.54) is 0 Å². The number of nitrogens with one attached hydrogen (secondary N) is 1. The van der Waals surface area contributed by atoms with Gasteiger partial charge in [0.1, 0.15) is 0 Å². The monoisotopic (exact) mass is 260 g/mol. The smallest absolute Gasteiger partial charge is 0.156 e. The summed E-state index contributed by atoms with van der Waals surface area (Å²) in [6.07, 6.45) is 0. The van der Waals surface area contributed by atoms with Crippen LogP contribution in [0.1, 0.15) is 5.56 Å². The molecular weight excluding hydrogens is 251 g/mol. The molecule has 0 fully saturated rings. The van der Waals surface area contributed by atoms with Gasteiger partial charge in [-0.25, -0.2) is 0 Å². The van der Waals surface area contributed by atoms with Crippen molar-refractivity contribution in [1.29, 1.82) is 0 Å². The Morgan fingerprint density at radius 3 is 2.67 bits per heavy atom. The van der Waals surface area contributed by atoms with Crippen LogP contribution in [-0.4, -0.2) is 17.5 Å². The molecule has 0 aromatic heterocycles. The summed E-state index contributed by atoms with van der Waals surface area (Å²) in [4.78, 5) is 4.29. The van der Waals surface area contributed by atoms with Crippen LogP contribution in [0.2, 0.25) is 10.0 Å². The Balaban J connectivity index is 2.04. The highest BCUT2D eigenvalue weighted by atomic mass is 35.5. The number of hydrogen-bond donors (Lipinski definition) is 1. The van der Waals surface area contributed by atoms with Crippen LogP contribution in [0.5, 0.6) is 0 Å². The van der Waals surface area contributed by atoms with Crippen molar-refractivity contribution < 1.29 is 0 Å². The Morgan fingerprint density at radius 2 is 2.07 bits per heavy atom. The molecule has 0 atom stereocenters. The Kier molecular flexibility index (Phi) is 3.78. The average molecular weight is 261 g/mol. The molecule has 0 aliphatic carbocycles. The fourth-order valence-electron chi connectivity index (χ4n) is 1.31. The van der Waals surface area contributed by atoms with Gasteiger partial charge in [-0.05, 0) is 12.1 Å². The van der Waals surface area contributed by atoms with Crippen molar-refractivity contribution in [2.45, 2.75) is 6.54 Å². The molecule has 1 aromatic carbocycles. The van der Waals surface area contributed by atoms with Gasteiger partial charge >= 0.3 is 0 Å². The molecule has 1 N–H and O–H groups in total. The first-order chi connectivity index (χ1) is 7.27. The number of amidine groups is 1. The minimum atomic E-state index is 0.629. The summed E-state index contributed by atoms with van der Waals surface area (Å²) in [5.74, 6) is 1.05. The number of benzene rings is 1. The second-order valence-corrected chi connectivity index (χ2v) is 4.99. The number of aliphatic imine (C=N–C) groups is 1. The Hall–Kier alpha value is -0.380. The van der Waals surface area contributed by atoms with E-state index in [4.69, 9.17) is 23.2 Å². The molecular formula is C10H10Cl2N2S. The van der Waals surface area contributed by atoms with Gasteiger partial charge in [-0.1, -0.05) is 41.0 Å². The quantitative estimate of drug-likeness (QED) is 0.884. The van der Waals surface area contributed by atoms with Crippen LogP contribution < -0.4 is 5.32 Å². The van der Waals surface area contributed by atoms with Crippen molar-refractivity contribution in [2.24, 2.45) is 4.99 Å². The van der Waals surface area contributed by atoms with Crippen molar-refractivity contribution in [3.63, 3.8) is 0 Å². The first-order valence-electron chi connectivity index (χ1n) is 4.61. The summed E-state index contributed by atoms with van der Waals surface area (Å²) in [6.45, 7) is 1.52. The highest BCUT2D eigenvalue weighted by Crippen LogP contribution is 2.24. The van der Waals surface area contributed by atoms with Gasteiger partial charge in [-0.3, -0.25) is 4.99 Å². The fraction of sp³-hybridized carbons (Fsp3) is 0.300. The lowest BCUT2D eigenvalue weighted by Crippen LogP contribution is -2.18. The van der Waals surface area contributed by atoms with Crippen LogP contribution in [-0.2, 0) is 6.54 Å². The van der Waals surface area contributed by atoms with E-state index in [-0.39, 0.29) is 0 Å². The summed E-state index contributed by atoms with van der Waals surface area (Å²) in [5.41, 5.74) is 0.927. The molecule has 0 bridgehead atoms. The topological polar surface area (TPSA) is 24.4 Å². The van der Waals surface area contributed by atoms with Crippen LogP contribution in [0.4, 0.5) is 0 Å². The molecule has 0 spiro atoms. The Labute approximate surface area is 103 Å². The maximum absolute atomic E-state index is 6.04. The lowest BCUT2D eigenvalue weighted by molar-refractivity contribution is 0.923. The van der Waals surface area contributed by atoms with E-state index in [0.29, 0.717) is 16.6 Å². The minimum Gasteiger partial charge on any atom is -0.361 e. The summed E-state index contributed by atoms with van der Waals surface area (Å²) in [5, 5.41) is 5.59. The molecule has 0 saturated carbocycles. The number of nitrogens with zero attached hydrogens (tertiary/aromatic N) is 1. The molecule has 0 unspecified atom stereocenters. The van der Waals surface area contributed by atoms with Crippen molar-refractivity contribution in [3.05, 3.63) is 33.8 Å². The van der Waals surface area contributed by atoms with E-state index in [1.54, 1.807) is 11.8 Å². The molecule has 1 aromatic rings. The molecule has 80 valence electrons. The van der Waals surface area contributed by atoms with E-state index in [9.17, 15) is 0 Å². The summed E-state index contributed by atoms with van der Waals surface area (Å²) >= 11 is 13.8. The van der Waals surface area contributed by atoms with Crippen LogP contribution in [0.3, 0.4) is 0 Å². The second-order valence-electron chi connectivity index (χ2n) is 3.09. The van der Waals surface area contributed by atoms with Crippen LogP contribution in [0.15, 0.2) is 23.2 Å². The third-order valence-electron chi connectivity index (χ3n) is 2.06. The van der Waals surface area contributed by atoms with E-state index in [2.05, 4.69) is 10.3 Å². The molecule has 0 radical (unpaired) electrons. The van der Waals surface area contributed by atoms with Crippen LogP contribution in [0.25, 0.3) is 0 Å². The van der Waals surface area contributed by atoms with Crippen molar-refractivity contribution in [1.82, 2.24) is 5.32 Å². The normalized spacial score (nSPS) is 15.2. The number of halogens is 2. The van der Waals surface area contributed by atoms with Crippen molar-refractivity contribution in [2.75, 3.05) is 12.3 Å². The molecule has 1 heterocycles. The van der Waals surface area contributed by atoms with Gasteiger partial charge in [0.25, 0.3) is 0 Å². The first kappa shape index (κ1) is 11.1. The molecule has 0 saturated heterocycles. The van der Waals surface area contributed by atoms with E-state index in [1.807, 2.05) is 18.2 Å². The molecule has 2 rings (SSSR count). The van der Waals surface area contributed by atoms with Gasteiger partial charge in [-0.15, -0.1) is 0 Å². The zero-order valence-electron chi connectivity index (χ0n) is 7.96. The van der Waals surface area contributed by atoms with Gasteiger partial charge in [0.2, 0.25) is 0 Å². The molecule has 1 aliphatic rings. The highest BCUT2D eigenvalue weighted by molar-refractivity contribution is 8.14. The molecule has 2 nitrogen and oxygen atoms in total. The standard InChI is InChI=1S/C10H10Cl2N2S/c11-8-2-1-3-9(12)7(8)6-14-10-13-4-5-15-10/h1-3H,4-6H2,(H,13,14). The van der Waals surface area contributed by atoms with Gasteiger partial charge in [0.15, 0.2) is 5.17 Å². The predicted molar refractivity (Wildman–Crippen MR) is 68.1 cm³/mol. The van der Waals surface area contributed by atoms with E-state index < -0.39 is 0 Å². The first-order valence-corrected chi connectivity index (χ1v) is 6.35. The van der Waals surface area contributed by atoms with Gasteiger partial charge in [-0.2, -0.15) is 0 Å². The number of hydrogen-bond acceptors (Lipinski definition) is 3. The zero-order valence-corrected chi connectivity index (χ0v) is 10.3. The summed E-state index contributed by atoms with van der Waals surface area (Å²) < 4.78 is 0. The maximum Gasteiger partial charge on any atom is 0.156 e. The second kappa shape index (κ2) is 5.10. The highest BCUT2D eigenvalue weighted by Gasteiger charge is 2.09. The summed E-state index contributed by atoms with van der Waals surface area (Å²) in [7, 11) is 0. The van der Waals surface area contributed by atoms with E-state index in [0.717, 1.165) is 23.0 Å². The summed E-state index contributed by atoms with van der Waals surface area (Å²) in [6, 6.07) is 5.53. The molecule has 5 heteroatoms. The molecule has 1 aliphatic heterocycles. The van der Waals surface area contributed by atoms with E-state index >= 15 is 0 Å². The minimum absolute atomic E-state index is 0.629. The molecule has 0 amide bonds. The van der Waals surface area contributed by atoms with Crippen molar-refractivity contribution >= 4 is 40.1 Å². The van der Waals surface area contributed by atoms with Crippen molar-refractivity contribution in [3.8, 4) is 0 Å². The third kappa shape index (κ3) is 2.80. The lowest BCUT2D eigenvalue weighted by atomic mass is 10.2. The van der Waals surface area contributed by atoms with Gasteiger partial charge in [0, 0.05) is 27.9 Å². The number of thioether (sulfide) groups is 1. The van der Waals surface area contributed by atoms with Gasteiger partial charge < -0.3 is 5.32 Å². The Morgan fingerprint density at radius 1 is 1.33 bits per heavy atom. The Bertz CT molecular complexity index is 373. The molecule has 15 heavy (non-hydrogen) atoms. The van der Waals surface area contributed by atoms with Gasteiger partial charge in [0.05, 0.1) is 6.54 Å². The van der Waals surface area contributed by atoms with Crippen LogP contribution in [0, 0.1) is 0 Å². The SMILES string of the molecule is Clc1cccc(Cl)c1CNC1=NCCS1. The van der Waals surface area contributed by atoms with Crippen LogP contribution >= 0.6 is 35.0 Å². The fourth-order valence-corrected chi connectivity index (χ4v) is 2.57. The third-order valence-corrected chi connectivity index (χ3v) is 3.71. The predicted octanol–water partition coefficient (Wildman–Crippen LogP) is 3.19. The largest absolute Gasteiger partial charge is 0.361 e. The number of rotatable bonds is 2. The average Bonchev–Trinajstić information content (AvgIpc) is 2.70. The zero-order chi connectivity index (χ0) is 10.7. The lowest BCUT2D eigenvalue weighted by Gasteiger charge is -2.08.